The van der Waals surface area contributed by atoms with Crippen molar-refractivity contribution >= 4 is 23.2 Å². The molecule has 0 radical (unpaired) electrons. The molecule has 2 aliphatic carbocycles. The summed E-state index contributed by atoms with van der Waals surface area (Å²) in [5.74, 6) is -3.45. The van der Waals surface area contributed by atoms with Crippen molar-refractivity contribution < 1.29 is 44.4 Å². The molecule has 4 rings (SSSR count). The van der Waals surface area contributed by atoms with Crippen LogP contribution in [-0.2, 0) is 16.1 Å². The molecule has 11 heteroatoms. The fourth-order valence-corrected chi connectivity index (χ4v) is 4.63. The largest absolute Gasteiger partial charge is 0.507 e. The summed E-state index contributed by atoms with van der Waals surface area (Å²) in [5, 5.41) is 48.9. The molecule has 2 aromatic carbocycles. The molecule has 0 aromatic heterocycles. The summed E-state index contributed by atoms with van der Waals surface area (Å²) in [5.41, 5.74) is -0.681. The van der Waals surface area contributed by atoms with Gasteiger partial charge in [-0.2, -0.15) is 0 Å². The number of phenolic OH excluding ortho intramolecular Hbond substituents is 2. The molecule has 0 heterocycles. The first-order valence-electron chi connectivity index (χ1n) is 10.8. The Kier molecular flexibility index (Phi) is 6.46. The molecule has 11 nitrogen and oxygen atoms in total. The first-order valence-corrected chi connectivity index (χ1v) is 10.8. The van der Waals surface area contributed by atoms with E-state index in [1.807, 2.05) is 0 Å². The van der Waals surface area contributed by atoms with Crippen LogP contribution in [0, 0.1) is 5.92 Å². The minimum Gasteiger partial charge on any atom is -0.507 e. The lowest BCUT2D eigenvalue weighted by atomic mass is 9.73. The van der Waals surface area contributed by atoms with Crippen molar-refractivity contribution in [3.8, 4) is 17.2 Å². The van der Waals surface area contributed by atoms with Gasteiger partial charge in [0.25, 0.3) is 5.91 Å². The Bertz CT molecular complexity index is 1270. The van der Waals surface area contributed by atoms with Gasteiger partial charge in [0.15, 0.2) is 12.4 Å². The molecule has 0 fully saturated rings. The predicted octanol–water partition coefficient (Wildman–Crippen LogP) is 0.589. The van der Waals surface area contributed by atoms with Crippen LogP contribution in [0.5, 0.6) is 17.2 Å². The number of methoxy groups -OCH3 is 1. The third-order valence-corrected chi connectivity index (χ3v) is 6.34. The van der Waals surface area contributed by atoms with Crippen LogP contribution >= 0.6 is 0 Å². The lowest BCUT2D eigenvalue weighted by molar-refractivity contribution is -0.125. The zero-order valence-electron chi connectivity index (χ0n) is 19.0. The molecule has 1 amide bonds. The SMILES string of the molecule is CNC(=O)CO/N=C(\CO)C1Cc2c(O)c3c(c(O)c2[C@@H](O)C1)C(=O)c1c(OC)cccc1C3=O. The molecule has 1 unspecified atom stereocenters. The number of likely N-dealkylation sites (N-methyl/N-ethyl adjacent to an activating group) is 1. The van der Waals surface area contributed by atoms with Crippen molar-refractivity contribution in [3.63, 3.8) is 0 Å². The maximum Gasteiger partial charge on any atom is 0.260 e. The summed E-state index contributed by atoms with van der Waals surface area (Å²) >= 11 is 0. The number of fused-ring (bicyclic) bond motifs is 3. The number of amides is 1. The van der Waals surface area contributed by atoms with E-state index in [0.29, 0.717) is 0 Å². The first kappa shape index (κ1) is 24.2. The Morgan fingerprint density at radius 1 is 1.14 bits per heavy atom. The van der Waals surface area contributed by atoms with Gasteiger partial charge in [0, 0.05) is 29.7 Å². The molecular formula is C24H24N2O9. The lowest BCUT2D eigenvalue weighted by Gasteiger charge is -2.32. The molecule has 0 bridgehead atoms. The van der Waals surface area contributed by atoms with Gasteiger partial charge in [0.2, 0.25) is 5.78 Å². The van der Waals surface area contributed by atoms with E-state index < -0.39 is 53.2 Å². The minimum atomic E-state index is -1.35. The van der Waals surface area contributed by atoms with Crippen LogP contribution in [-0.4, -0.2) is 71.0 Å². The zero-order chi connectivity index (χ0) is 25.4. The van der Waals surface area contributed by atoms with E-state index in [0.717, 1.165) is 0 Å². The molecule has 5 N–H and O–H groups in total. The van der Waals surface area contributed by atoms with Crippen LogP contribution in [0.3, 0.4) is 0 Å². The van der Waals surface area contributed by atoms with Crippen molar-refractivity contribution in [2.75, 3.05) is 27.4 Å². The normalized spacial score (nSPS) is 18.9. The van der Waals surface area contributed by atoms with Crippen LogP contribution in [0.4, 0.5) is 0 Å². The topological polar surface area (TPSA) is 175 Å². The average Bonchev–Trinajstić information content (AvgIpc) is 2.86. The number of oxime groups is 1. The van der Waals surface area contributed by atoms with Crippen LogP contribution in [0.15, 0.2) is 23.4 Å². The zero-order valence-corrected chi connectivity index (χ0v) is 19.0. The number of aromatic hydroxyl groups is 2. The number of ketones is 2. The van der Waals surface area contributed by atoms with Gasteiger partial charge in [0.1, 0.15) is 17.2 Å². The lowest BCUT2D eigenvalue weighted by Crippen LogP contribution is -2.30. The van der Waals surface area contributed by atoms with Crippen LogP contribution in [0.25, 0.3) is 0 Å². The fourth-order valence-electron chi connectivity index (χ4n) is 4.63. The number of phenols is 2. The van der Waals surface area contributed by atoms with Crippen LogP contribution in [0.1, 0.15) is 55.5 Å². The highest BCUT2D eigenvalue weighted by Crippen LogP contribution is 2.50. The Morgan fingerprint density at radius 2 is 1.86 bits per heavy atom. The van der Waals surface area contributed by atoms with Gasteiger partial charge in [0.05, 0.1) is 42.2 Å². The van der Waals surface area contributed by atoms with E-state index in [-0.39, 0.29) is 58.7 Å². The smallest absolute Gasteiger partial charge is 0.260 e. The molecular weight excluding hydrogens is 460 g/mol. The van der Waals surface area contributed by atoms with E-state index in [9.17, 15) is 34.8 Å². The standard InChI is InChI=1S/C24H24N2O9/c1-25-16(29)9-35-26-13(8-27)10-6-12-17(14(28)7-10)23(32)20-19(22(12)31)21(30)11-4-3-5-15(34-2)18(11)24(20)33/h3-5,10,14,27-28,31-32H,6-9H2,1-2H3,(H,25,29)/b26-13+/t10?,14-/m0/s1. The number of hydrogen-bond donors (Lipinski definition) is 5. The summed E-state index contributed by atoms with van der Waals surface area (Å²) in [7, 11) is 2.77. The maximum absolute atomic E-state index is 13.3. The minimum absolute atomic E-state index is 0.0182. The number of hydrogen-bond acceptors (Lipinski definition) is 10. The number of carbonyl (C=O) groups excluding carboxylic acids is 3. The van der Waals surface area contributed by atoms with Crippen LogP contribution < -0.4 is 10.1 Å². The van der Waals surface area contributed by atoms with Crippen LogP contribution in [0.2, 0.25) is 0 Å². The van der Waals surface area contributed by atoms with Gasteiger partial charge in [-0.25, -0.2) is 0 Å². The number of rotatable bonds is 6. The molecule has 0 spiro atoms. The van der Waals surface area contributed by atoms with Crippen molar-refractivity contribution in [2.45, 2.75) is 18.9 Å². The van der Waals surface area contributed by atoms with Gasteiger partial charge in [-0.3, -0.25) is 14.4 Å². The van der Waals surface area contributed by atoms with Gasteiger partial charge in [-0.15, -0.1) is 0 Å². The number of nitrogens with one attached hydrogen (secondary N) is 1. The van der Waals surface area contributed by atoms with Gasteiger partial charge in [-0.1, -0.05) is 17.3 Å². The Labute approximate surface area is 199 Å². The summed E-state index contributed by atoms with van der Waals surface area (Å²) in [6.07, 6.45) is -1.39. The molecule has 184 valence electrons. The maximum atomic E-state index is 13.3. The Hall–Kier alpha value is -3.96. The van der Waals surface area contributed by atoms with E-state index in [1.165, 1.54) is 32.4 Å². The second-order valence-corrected chi connectivity index (χ2v) is 8.22. The number of ether oxygens (including phenoxy) is 1. The molecule has 35 heavy (non-hydrogen) atoms. The monoisotopic (exact) mass is 484 g/mol. The van der Waals surface area contributed by atoms with Crippen molar-refractivity contribution in [1.82, 2.24) is 5.32 Å². The van der Waals surface area contributed by atoms with Crippen molar-refractivity contribution in [1.29, 1.82) is 0 Å². The Morgan fingerprint density at radius 3 is 2.51 bits per heavy atom. The number of aliphatic hydroxyl groups excluding tert-OH is 2. The first-order chi connectivity index (χ1) is 16.7. The van der Waals surface area contributed by atoms with Gasteiger partial charge >= 0.3 is 0 Å². The highest BCUT2D eigenvalue weighted by Gasteiger charge is 2.42. The third-order valence-electron chi connectivity index (χ3n) is 6.34. The molecule has 2 aliphatic rings. The number of carbonyl (C=O) groups is 3. The van der Waals surface area contributed by atoms with Crippen molar-refractivity contribution in [2.24, 2.45) is 11.1 Å². The average molecular weight is 484 g/mol. The fraction of sp³-hybridized carbons (Fsp3) is 0.333. The van der Waals surface area contributed by atoms with E-state index in [1.54, 1.807) is 0 Å². The van der Waals surface area contributed by atoms with E-state index in [2.05, 4.69) is 10.5 Å². The highest BCUT2D eigenvalue weighted by atomic mass is 16.6. The summed E-state index contributed by atoms with van der Waals surface area (Å²) in [4.78, 5) is 42.9. The molecule has 0 saturated heterocycles. The van der Waals surface area contributed by atoms with Gasteiger partial charge < -0.3 is 35.3 Å². The van der Waals surface area contributed by atoms with E-state index in [4.69, 9.17) is 9.57 Å². The third kappa shape index (κ3) is 3.88. The summed E-state index contributed by atoms with van der Waals surface area (Å²) in [6, 6.07) is 4.46. The number of nitrogens with zero attached hydrogens (tertiary/aromatic N) is 1. The highest BCUT2D eigenvalue weighted by molar-refractivity contribution is 6.31. The van der Waals surface area contributed by atoms with Gasteiger partial charge in [-0.05, 0) is 18.9 Å². The summed E-state index contributed by atoms with van der Waals surface area (Å²) < 4.78 is 5.22. The quantitative estimate of drug-likeness (QED) is 0.190. The molecule has 2 atom stereocenters. The molecule has 0 aliphatic heterocycles. The second kappa shape index (κ2) is 9.35. The summed E-state index contributed by atoms with van der Waals surface area (Å²) in [6.45, 7) is -0.937. The van der Waals surface area contributed by atoms with Crippen molar-refractivity contribution in [3.05, 3.63) is 51.6 Å². The molecule has 0 saturated carbocycles. The number of aliphatic hydroxyl groups is 2. The molecule has 2 aromatic rings. The number of benzene rings is 2. The predicted molar refractivity (Wildman–Crippen MR) is 121 cm³/mol. The Balaban J connectivity index is 1.79. The van der Waals surface area contributed by atoms with E-state index >= 15 is 0 Å². The second-order valence-electron chi connectivity index (χ2n) is 8.22.